The molecule has 1 unspecified atom stereocenters. The minimum absolute atomic E-state index is 0.173. The number of hydrogen-bond donors (Lipinski definition) is 1. The molecule has 1 fully saturated rings. The van der Waals surface area contributed by atoms with Crippen LogP contribution in [-0.4, -0.2) is 77.6 Å². The number of carbonyl (C=O) groups is 3. The summed E-state index contributed by atoms with van der Waals surface area (Å²) in [4.78, 5) is 40.2. The molecule has 12 heteroatoms. The third-order valence-corrected chi connectivity index (χ3v) is 5.58. The number of amidine groups is 1. The van der Waals surface area contributed by atoms with Crippen molar-refractivity contribution in [2.75, 3.05) is 20.6 Å². The third-order valence-electron chi connectivity index (χ3n) is 4.15. The van der Waals surface area contributed by atoms with Gasteiger partial charge in [-0.1, -0.05) is 5.75 Å². The van der Waals surface area contributed by atoms with Crippen molar-refractivity contribution in [1.29, 1.82) is 0 Å². The van der Waals surface area contributed by atoms with Crippen LogP contribution in [0.15, 0.2) is 17.2 Å². The number of amides is 4. The van der Waals surface area contributed by atoms with Crippen LogP contribution < -0.4 is 15.2 Å². The van der Waals surface area contributed by atoms with Crippen molar-refractivity contribution in [3.63, 3.8) is 0 Å². The molecule has 1 aromatic carbocycles. The Bertz CT molecular complexity index is 972. The van der Waals surface area contributed by atoms with Crippen LogP contribution in [0.2, 0.25) is 0 Å². The number of urea groups is 1. The number of benzene rings is 1. The Balaban J connectivity index is 1.64. The second-order valence-electron chi connectivity index (χ2n) is 6.02. The van der Waals surface area contributed by atoms with Gasteiger partial charge in [0.1, 0.15) is 6.54 Å². The van der Waals surface area contributed by atoms with Crippen LogP contribution in [0.1, 0.15) is 5.56 Å². The number of nitrogens with one attached hydrogen (secondary N) is 1. The van der Waals surface area contributed by atoms with Gasteiger partial charge < -0.3 is 5.11 Å². The number of hydrazone groups is 1. The Morgan fingerprint density at radius 1 is 1.32 bits per heavy atom. The lowest BCUT2D eigenvalue weighted by Gasteiger charge is -2.29. The zero-order chi connectivity index (χ0) is 20.6. The number of rotatable bonds is 4. The number of hydrogen-bond acceptors (Lipinski definition) is 6. The topological polar surface area (TPSA) is 122 Å². The van der Waals surface area contributed by atoms with Gasteiger partial charge in [0.25, 0.3) is 24.2 Å². The standard InChI is InChI=1S/C16H14I2N6O4/c1-22-14-12(15(27)23(2)16(22)28)24(7-19-14)6-11(25)21-20-5-8-3-9(17)4-10(18)13(8)26/h3-5,7,12H,6H2,1-2H3,(H-,20,21,25,26). The van der Waals surface area contributed by atoms with Crippen molar-refractivity contribution in [1.82, 2.24) is 24.8 Å². The van der Waals surface area contributed by atoms with Crippen LogP contribution in [0.3, 0.4) is 0 Å². The predicted octanol–water partition coefficient (Wildman–Crippen LogP) is -0.878. The molecule has 3 rings (SSSR count). The summed E-state index contributed by atoms with van der Waals surface area (Å²) in [7, 11) is 2.89. The van der Waals surface area contributed by atoms with Gasteiger partial charge in [-0.2, -0.15) is 10.0 Å². The van der Waals surface area contributed by atoms with Crippen molar-refractivity contribution in [2.24, 2.45) is 5.10 Å². The van der Waals surface area contributed by atoms with Crippen LogP contribution >= 0.6 is 45.2 Å². The minimum atomic E-state index is -0.840. The average molecular weight is 608 g/mol. The molecule has 146 valence electrons. The monoisotopic (exact) mass is 608 g/mol. The lowest BCUT2D eigenvalue weighted by molar-refractivity contribution is -0.269. The number of halogens is 2. The number of carbonyl (C=O) groups excluding carboxylic acids is 3. The molecule has 4 amide bonds. The minimum Gasteiger partial charge on any atom is -0.871 e. The number of nitrogens with zero attached hydrogens (tertiary/aromatic N) is 5. The lowest BCUT2D eigenvalue weighted by Crippen LogP contribution is -2.63. The van der Waals surface area contributed by atoms with E-state index in [0.29, 0.717) is 9.13 Å². The highest BCUT2D eigenvalue weighted by molar-refractivity contribution is 14.1. The normalized spacial score (nSPS) is 18.8. The Hall–Kier alpha value is -2.19. The van der Waals surface area contributed by atoms with E-state index in [1.54, 1.807) is 12.1 Å². The summed E-state index contributed by atoms with van der Waals surface area (Å²) < 4.78 is 5.52. The van der Waals surface area contributed by atoms with Gasteiger partial charge in [0.15, 0.2) is 0 Å². The number of imide groups is 1. The fourth-order valence-electron chi connectivity index (χ4n) is 2.73. The third kappa shape index (κ3) is 3.84. The van der Waals surface area contributed by atoms with Gasteiger partial charge in [-0.3, -0.25) is 19.4 Å². The molecule has 10 nitrogen and oxygen atoms in total. The zero-order valence-corrected chi connectivity index (χ0v) is 19.0. The predicted molar refractivity (Wildman–Crippen MR) is 117 cm³/mol. The Morgan fingerprint density at radius 3 is 2.75 bits per heavy atom. The van der Waals surface area contributed by atoms with E-state index >= 15 is 0 Å². The molecular weight excluding hydrogens is 594 g/mol. The molecule has 0 aromatic heterocycles. The Labute approximate surface area is 187 Å². The number of fused-ring (bicyclic) bond motifs is 1. The van der Waals surface area contributed by atoms with Crippen molar-refractivity contribution in [3.05, 3.63) is 24.8 Å². The van der Waals surface area contributed by atoms with E-state index in [1.165, 1.54) is 36.4 Å². The van der Waals surface area contributed by atoms with E-state index in [1.807, 2.05) is 22.6 Å². The molecule has 0 saturated carbocycles. The molecule has 0 bridgehead atoms. The highest BCUT2D eigenvalue weighted by Gasteiger charge is 2.53. The van der Waals surface area contributed by atoms with Crippen LogP contribution in [0.4, 0.5) is 4.79 Å². The maximum Gasteiger partial charge on any atom is 0.389 e. The zero-order valence-electron chi connectivity index (χ0n) is 14.7. The number of likely N-dealkylation sites (N-methyl/N-ethyl adjacent to an activating group) is 2. The highest BCUT2D eigenvalue weighted by atomic mass is 127. The summed E-state index contributed by atoms with van der Waals surface area (Å²) >= 11 is 4.03. The molecule has 0 radical (unpaired) electrons. The summed E-state index contributed by atoms with van der Waals surface area (Å²) in [5.41, 5.74) is 2.69. The van der Waals surface area contributed by atoms with Gasteiger partial charge in [0, 0.05) is 14.2 Å². The second kappa shape index (κ2) is 8.05. The quantitative estimate of drug-likeness (QED) is 0.206. The van der Waals surface area contributed by atoms with E-state index in [-0.39, 0.29) is 18.1 Å². The highest BCUT2D eigenvalue weighted by Crippen LogP contribution is 2.23. The van der Waals surface area contributed by atoms with Crippen LogP contribution in [-0.2, 0) is 9.59 Å². The molecule has 2 heterocycles. The molecule has 1 aromatic rings. The second-order valence-corrected chi connectivity index (χ2v) is 8.42. The maximum absolute atomic E-state index is 12.4. The van der Waals surface area contributed by atoms with Gasteiger partial charge in [-0.05, 0) is 62.9 Å². The first-order valence-corrected chi connectivity index (χ1v) is 10.1. The SMILES string of the molecule is CN1C(=O)C2C(=[N+]=CN2CC(=O)N/N=C/c2cc(I)cc(I)c2[O-])N(C)C1=O. The Morgan fingerprint density at radius 2 is 2.04 bits per heavy atom. The summed E-state index contributed by atoms with van der Waals surface area (Å²) in [6.07, 6.45) is 2.63. The molecule has 0 spiro atoms. The molecule has 1 saturated heterocycles. The van der Waals surface area contributed by atoms with Crippen molar-refractivity contribution < 1.29 is 19.5 Å². The Kier molecular flexibility index (Phi) is 5.90. The fourth-order valence-corrected chi connectivity index (χ4v) is 4.61. The molecule has 2 aliphatic rings. The van der Waals surface area contributed by atoms with Crippen LogP contribution in [0.25, 0.3) is 0 Å². The summed E-state index contributed by atoms with van der Waals surface area (Å²) in [6.45, 7) is -0.190. The van der Waals surface area contributed by atoms with Crippen molar-refractivity contribution in [2.45, 2.75) is 6.04 Å². The van der Waals surface area contributed by atoms with Crippen molar-refractivity contribution in [3.8, 4) is 5.75 Å². The first kappa shape index (κ1) is 20.5. The van der Waals surface area contributed by atoms with E-state index in [9.17, 15) is 19.5 Å². The van der Waals surface area contributed by atoms with Gasteiger partial charge >= 0.3 is 11.9 Å². The fraction of sp³-hybridized carbons (Fsp3) is 0.250. The molecule has 2 aliphatic heterocycles. The van der Waals surface area contributed by atoms with Gasteiger partial charge in [0.2, 0.25) is 0 Å². The molecule has 0 aliphatic carbocycles. The summed E-state index contributed by atoms with van der Waals surface area (Å²) in [5.74, 6) is -0.856. The van der Waals surface area contributed by atoms with Crippen molar-refractivity contribution >= 4 is 81.4 Å². The van der Waals surface area contributed by atoms with Gasteiger partial charge in [-0.15, -0.1) is 0 Å². The lowest BCUT2D eigenvalue weighted by atomic mass is 10.1. The van der Waals surface area contributed by atoms with Crippen LogP contribution in [0, 0.1) is 7.14 Å². The smallest absolute Gasteiger partial charge is 0.389 e. The molecule has 1 N–H and O–H groups in total. The first-order chi connectivity index (χ1) is 13.2. The van der Waals surface area contributed by atoms with E-state index < -0.39 is 23.9 Å². The van der Waals surface area contributed by atoms with E-state index in [0.717, 1.165) is 8.47 Å². The summed E-state index contributed by atoms with van der Waals surface area (Å²) in [5, 5.41) is 15.9. The summed E-state index contributed by atoms with van der Waals surface area (Å²) in [6, 6.07) is 2.09. The van der Waals surface area contributed by atoms with Crippen LogP contribution in [0.5, 0.6) is 5.75 Å². The molecule has 1 atom stereocenters. The molecule has 28 heavy (non-hydrogen) atoms. The average Bonchev–Trinajstić information content (AvgIpc) is 3.05. The van der Waals surface area contributed by atoms with Gasteiger partial charge in [-0.25, -0.2) is 14.9 Å². The van der Waals surface area contributed by atoms with E-state index in [4.69, 9.17) is 0 Å². The van der Waals surface area contributed by atoms with E-state index in [2.05, 4.69) is 37.8 Å². The largest absolute Gasteiger partial charge is 0.871 e. The molecular formula is C16H14I2N6O4. The maximum atomic E-state index is 12.4. The first-order valence-electron chi connectivity index (χ1n) is 7.90. The van der Waals surface area contributed by atoms with Gasteiger partial charge in [0.05, 0.1) is 13.3 Å².